The highest BCUT2D eigenvalue weighted by Gasteiger charge is 2.13. The SMILES string of the molecule is COc1ccc(C(=O)C=C(C)NCc2ccc3c(c2)OCO3)cc1. The zero-order chi connectivity index (χ0) is 16.9. The Balaban J connectivity index is 1.60. The number of nitrogens with one attached hydrogen (secondary N) is 1. The second-order valence-corrected chi connectivity index (χ2v) is 5.46. The third-order valence-electron chi connectivity index (χ3n) is 3.73. The predicted octanol–water partition coefficient (Wildman–Crippen LogP) is 3.30. The van der Waals surface area contributed by atoms with E-state index in [4.69, 9.17) is 14.2 Å². The molecular formula is C19H19NO4. The molecule has 1 heterocycles. The number of hydrogen-bond donors (Lipinski definition) is 1. The highest BCUT2D eigenvalue weighted by molar-refractivity contribution is 6.04. The summed E-state index contributed by atoms with van der Waals surface area (Å²) in [6.45, 7) is 2.74. The molecule has 1 N–H and O–H groups in total. The number of rotatable bonds is 6. The summed E-state index contributed by atoms with van der Waals surface area (Å²) >= 11 is 0. The topological polar surface area (TPSA) is 56.8 Å². The average molecular weight is 325 g/mol. The zero-order valence-corrected chi connectivity index (χ0v) is 13.7. The molecule has 0 aliphatic carbocycles. The maximum absolute atomic E-state index is 12.2. The molecule has 1 aliphatic rings. The average Bonchev–Trinajstić information content (AvgIpc) is 3.07. The van der Waals surface area contributed by atoms with Gasteiger partial charge in [-0.05, 0) is 48.9 Å². The van der Waals surface area contributed by atoms with Crippen molar-refractivity contribution in [3.05, 3.63) is 65.4 Å². The van der Waals surface area contributed by atoms with E-state index in [-0.39, 0.29) is 12.6 Å². The second-order valence-electron chi connectivity index (χ2n) is 5.46. The van der Waals surface area contributed by atoms with Crippen molar-refractivity contribution in [2.75, 3.05) is 13.9 Å². The summed E-state index contributed by atoms with van der Waals surface area (Å²) in [5, 5.41) is 3.23. The monoisotopic (exact) mass is 325 g/mol. The first-order valence-corrected chi connectivity index (χ1v) is 7.65. The van der Waals surface area contributed by atoms with E-state index in [1.807, 2.05) is 25.1 Å². The normalized spacial score (nSPS) is 12.8. The van der Waals surface area contributed by atoms with Gasteiger partial charge in [-0.2, -0.15) is 0 Å². The van der Waals surface area contributed by atoms with Gasteiger partial charge in [-0.3, -0.25) is 4.79 Å². The van der Waals surface area contributed by atoms with Crippen LogP contribution < -0.4 is 19.5 Å². The smallest absolute Gasteiger partial charge is 0.231 e. The summed E-state index contributed by atoms with van der Waals surface area (Å²) in [4.78, 5) is 12.2. The fraction of sp³-hybridized carbons (Fsp3) is 0.211. The van der Waals surface area contributed by atoms with E-state index in [1.165, 1.54) is 0 Å². The molecule has 0 atom stereocenters. The summed E-state index contributed by atoms with van der Waals surface area (Å²) in [6.07, 6.45) is 1.59. The second kappa shape index (κ2) is 7.08. The molecule has 0 aromatic heterocycles. The molecule has 1 aliphatic heterocycles. The number of carbonyl (C=O) groups is 1. The molecule has 0 saturated carbocycles. The van der Waals surface area contributed by atoms with Crippen molar-refractivity contribution in [3.63, 3.8) is 0 Å². The molecule has 0 spiro atoms. The highest BCUT2D eigenvalue weighted by Crippen LogP contribution is 2.32. The molecule has 0 saturated heterocycles. The molecular weight excluding hydrogens is 306 g/mol. The molecule has 0 fully saturated rings. The lowest BCUT2D eigenvalue weighted by molar-refractivity contribution is 0.104. The molecule has 3 rings (SSSR count). The Morgan fingerprint density at radius 3 is 2.67 bits per heavy atom. The minimum atomic E-state index is -0.0478. The van der Waals surface area contributed by atoms with Crippen LogP contribution in [0.5, 0.6) is 17.2 Å². The van der Waals surface area contributed by atoms with Crippen LogP contribution in [0.2, 0.25) is 0 Å². The molecule has 2 aromatic carbocycles. The number of ketones is 1. The summed E-state index contributed by atoms with van der Waals surface area (Å²) in [5.74, 6) is 2.20. The Bertz CT molecular complexity index is 765. The fourth-order valence-electron chi connectivity index (χ4n) is 2.38. The van der Waals surface area contributed by atoms with Gasteiger partial charge in [0.15, 0.2) is 17.3 Å². The lowest BCUT2D eigenvalue weighted by Gasteiger charge is -2.08. The van der Waals surface area contributed by atoms with Gasteiger partial charge in [0, 0.05) is 23.9 Å². The molecule has 5 nitrogen and oxygen atoms in total. The van der Waals surface area contributed by atoms with Gasteiger partial charge in [0.05, 0.1) is 7.11 Å². The van der Waals surface area contributed by atoms with Gasteiger partial charge in [0.25, 0.3) is 0 Å². The van der Waals surface area contributed by atoms with E-state index < -0.39 is 0 Å². The van der Waals surface area contributed by atoms with Crippen LogP contribution in [0.4, 0.5) is 0 Å². The fourth-order valence-corrected chi connectivity index (χ4v) is 2.38. The van der Waals surface area contributed by atoms with Gasteiger partial charge >= 0.3 is 0 Å². The van der Waals surface area contributed by atoms with Crippen molar-refractivity contribution >= 4 is 5.78 Å². The van der Waals surface area contributed by atoms with Gasteiger partial charge in [0.2, 0.25) is 6.79 Å². The number of methoxy groups -OCH3 is 1. The van der Waals surface area contributed by atoms with Gasteiger partial charge in [0.1, 0.15) is 5.75 Å². The van der Waals surface area contributed by atoms with Crippen LogP contribution in [-0.2, 0) is 6.54 Å². The quantitative estimate of drug-likeness (QED) is 0.652. The first-order valence-electron chi connectivity index (χ1n) is 7.65. The highest BCUT2D eigenvalue weighted by atomic mass is 16.7. The third kappa shape index (κ3) is 3.68. The van der Waals surface area contributed by atoms with Crippen molar-refractivity contribution in [2.24, 2.45) is 0 Å². The van der Waals surface area contributed by atoms with Crippen LogP contribution in [0.1, 0.15) is 22.8 Å². The maximum Gasteiger partial charge on any atom is 0.231 e. The molecule has 0 unspecified atom stereocenters. The number of benzene rings is 2. The Morgan fingerprint density at radius 2 is 1.92 bits per heavy atom. The Hall–Kier alpha value is -2.95. The standard InChI is InChI=1S/C19H19NO4/c1-13(9-17(21)15-4-6-16(22-2)7-5-15)20-11-14-3-8-18-19(10-14)24-12-23-18/h3-10,20H,11-12H2,1-2H3. The third-order valence-corrected chi connectivity index (χ3v) is 3.73. The molecule has 0 amide bonds. The summed E-state index contributed by atoms with van der Waals surface area (Å²) in [6, 6.07) is 12.9. The summed E-state index contributed by atoms with van der Waals surface area (Å²) < 4.78 is 15.7. The van der Waals surface area contributed by atoms with Crippen molar-refractivity contribution in [1.82, 2.24) is 5.32 Å². The molecule has 2 aromatic rings. The minimum Gasteiger partial charge on any atom is -0.497 e. The molecule has 0 bridgehead atoms. The Labute approximate surface area is 140 Å². The molecule has 24 heavy (non-hydrogen) atoms. The number of allylic oxidation sites excluding steroid dienone is 2. The first kappa shape index (κ1) is 15.9. The van der Waals surface area contributed by atoms with Crippen LogP contribution in [0.25, 0.3) is 0 Å². The van der Waals surface area contributed by atoms with Gasteiger partial charge in [-0.25, -0.2) is 0 Å². The maximum atomic E-state index is 12.2. The molecule has 5 heteroatoms. The van der Waals surface area contributed by atoms with Crippen molar-refractivity contribution in [1.29, 1.82) is 0 Å². The van der Waals surface area contributed by atoms with Gasteiger partial charge in [-0.1, -0.05) is 6.07 Å². The van der Waals surface area contributed by atoms with E-state index in [2.05, 4.69) is 5.32 Å². The largest absolute Gasteiger partial charge is 0.497 e. The van der Waals surface area contributed by atoms with Crippen LogP contribution in [0.3, 0.4) is 0 Å². The van der Waals surface area contributed by atoms with E-state index in [9.17, 15) is 4.79 Å². The summed E-state index contributed by atoms with van der Waals surface area (Å²) in [7, 11) is 1.60. The Morgan fingerprint density at radius 1 is 1.17 bits per heavy atom. The van der Waals surface area contributed by atoms with Crippen molar-refractivity contribution in [3.8, 4) is 17.2 Å². The molecule has 124 valence electrons. The van der Waals surface area contributed by atoms with E-state index >= 15 is 0 Å². The van der Waals surface area contributed by atoms with Gasteiger partial charge in [-0.15, -0.1) is 0 Å². The van der Waals surface area contributed by atoms with Crippen LogP contribution in [-0.4, -0.2) is 19.7 Å². The predicted molar refractivity (Wildman–Crippen MR) is 90.5 cm³/mol. The van der Waals surface area contributed by atoms with E-state index in [1.54, 1.807) is 37.5 Å². The van der Waals surface area contributed by atoms with Crippen LogP contribution >= 0.6 is 0 Å². The molecule has 0 radical (unpaired) electrons. The minimum absolute atomic E-state index is 0.0478. The first-order chi connectivity index (χ1) is 11.7. The zero-order valence-electron chi connectivity index (χ0n) is 13.7. The summed E-state index contributed by atoms with van der Waals surface area (Å²) in [5.41, 5.74) is 2.48. The van der Waals surface area contributed by atoms with Crippen molar-refractivity contribution < 1.29 is 19.0 Å². The van der Waals surface area contributed by atoms with E-state index in [0.717, 1.165) is 28.5 Å². The van der Waals surface area contributed by atoms with Crippen molar-refractivity contribution in [2.45, 2.75) is 13.5 Å². The number of fused-ring (bicyclic) bond motifs is 1. The van der Waals surface area contributed by atoms with Gasteiger partial charge < -0.3 is 19.5 Å². The number of carbonyl (C=O) groups excluding carboxylic acids is 1. The number of ether oxygens (including phenoxy) is 3. The lowest BCUT2D eigenvalue weighted by atomic mass is 10.1. The lowest BCUT2D eigenvalue weighted by Crippen LogP contribution is -2.12. The van der Waals surface area contributed by atoms with Crippen LogP contribution in [0.15, 0.2) is 54.2 Å². The Kier molecular flexibility index (Phi) is 4.70. The van der Waals surface area contributed by atoms with Crippen LogP contribution in [0, 0.1) is 0 Å². The number of hydrogen-bond acceptors (Lipinski definition) is 5. The van der Waals surface area contributed by atoms with E-state index in [0.29, 0.717) is 12.1 Å².